The molecule has 1 aliphatic rings. The summed E-state index contributed by atoms with van der Waals surface area (Å²) in [5.74, 6) is -1.30. The predicted octanol–water partition coefficient (Wildman–Crippen LogP) is 2.04. The van der Waals surface area contributed by atoms with E-state index in [0.29, 0.717) is 22.4 Å². The Bertz CT molecular complexity index is 563. The van der Waals surface area contributed by atoms with Crippen LogP contribution < -0.4 is 10.1 Å². The Hall–Kier alpha value is -1.28. The fourth-order valence-electron chi connectivity index (χ4n) is 1.92. The van der Waals surface area contributed by atoms with Crippen LogP contribution in [0.3, 0.4) is 0 Å². The van der Waals surface area contributed by atoms with Gasteiger partial charge in [-0.2, -0.15) is 11.8 Å². The number of carbonyl (C=O) groups is 2. The SMILES string of the molecule is O=C(COc1ccc(Br)cc1F)N[C@@]1(C(=O)O)CCSC1. The maximum absolute atomic E-state index is 13.5. The van der Waals surface area contributed by atoms with Crippen LogP contribution in [0.4, 0.5) is 4.39 Å². The smallest absolute Gasteiger partial charge is 0.330 e. The molecule has 1 aromatic carbocycles. The monoisotopic (exact) mass is 377 g/mol. The van der Waals surface area contributed by atoms with Crippen molar-refractivity contribution in [3.05, 3.63) is 28.5 Å². The molecular formula is C13H13BrFNO4S. The first-order chi connectivity index (χ1) is 9.93. The van der Waals surface area contributed by atoms with Gasteiger partial charge < -0.3 is 15.2 Å². The number of nitrogens with one attached hydrogen (secondary N) is 1. The standard InChI is InChI=1S/C13H13BrFNO4S/c14-8-1-2-10(9(15)5-8)20-6-11(17)16-13(12(18)19)3-4-21-7-13/h1-2,5H,3-4,6-7H2,(H,16,17)(H,18,19)/t13-/m0/s1. The van der Waals surface area contributed by atoms with E-state index >= 15 is 0 Å². The highest BCUT2D eigenvalue weighted by Gasteiger charge is 2.43. The summed E-state index contributed by atoms with van der Waals surface area (Å²) in [5, 5.41) is 11.7. The molecule has 1 fully saturated rings. The predicted molar refractivity (Wildman–Crippen MR) is 80.0 cm³/mol. The average molecular weight is 378 g/mol. The van der Waals surface area contributed by atoms with Crippen molar-refractivity contribution in [2.75, 3.05) is 18.1 Å². The van der Waals surface area contributed by atoms with Gasteiger partial charge in [-0.05, 0) is 30.4 Å². The number of thioether (sulfide) groups is 1. The second-order valence-electron chi connectivity index (χ2n) is 4.60. The molecule has 0 spiro atoms. The van der Waals surface area contributed by atoms with Gasteiger partial charge in [0.2, 0.25) is 0 Å². The van der Waals surface area contributed by atoms with Crippen LogP contribution in [-0.2, 0) is 9.59 Å². The van der Waals surface area contributed by atoms with Gasteiger partial charge in [0.1, 0.15) is 5.54 Å². The average Bonchev–Trinajstić information content (AvgIpc) is 2.87. The first-order valence-electron chi connectivity index (χ1n) is 6.13. The second kappa shape index (κ2) is 6.65. The lowest BCUT2D eigenvalue weighted by atomic mass is 9.99. The number of carboxylic acids is 1. The van der Waals surface area contributed by atoms with Gasteiger partial charge in [0.05, 0.1) is 0 Å². The molecule has 5 nitrogen and oxygen atoms in total. The first kappa shape index (κ1) is 16.1. The number of hydrogen-bond donors (Lipinski definition) is 2. The van der Waals surface area contributed by atoms with Gasteiger partial charge in [0.15, 0.2) is 18.2 Å². The number of aliphatic carboxylic acids is 1. The van der Waals surface area contributed by atoms with Crippen LogP contribution >= 0.6 is 27.7 Å². The van der Waals surface area contributed by atoms with Crippen LogP contribution in [0, 0.1) is 5.82 Å². The number of benzene rings is 1. The fraction of sp³-hybridized carbons (Fsp3) is 0.385. The zero-order valence-electron chi connectivity index (χ0n) is 10.9. The van der Waals surface area contributed by atoms with Crippen molar-refractivity contribution in [2.24, 2.45) is 0 Å². The number of carbonyl (C=O) groups excluding carboxylic acids is 1. The summed E-state index contributed by atoms with van der Waals surface area (Å²) in [6.07, 6.45) is 0.366. The highest BCUT2D eigenvalue weighted by molar-refractivity contribution is 9.10. The Balaban J connectivity index is 1.94. The maximum Gasteiger partial charge on any atom is 0.330 e. The Labute approximate surface area is 133 Å². The minimum Gasteiger partial charge on any atom is -0.481 e. The lowest BCUT2D eigenvalue weighted by Crippen LogP contribution is -2.55. The van der Waals surface area contributed by atoms with Crippen molar-refractivity contribution in [2.45, 2.75) is 12.0 Å². The highest BCUT2D eigenvalue weighted by Crippen LogP contribution is 2.28. The summed E-state index contributed by atoms with van der Waals surface area (Å²) in [7, 11) is 0. The van der Waals surface area contributed by atoms with Gasteiger partial charge in [0, 0.05) is 10.2 Å². The van der Waals surface area contributed by atoms with E-state index < -0.39 is 29.8 Å². The van der Waals surface area contributed by atoms with Gasteiger partial charge >= 0.3 is 5.97 Å². The topological polar surface area (TPSA) is 75.6 Å². The van der Waals surface area contributed by atoms with Crippen molar-refractivity contribution in [3.63, 3.8) is 0 Å². The van der Waals surface area contributed by atoms with Crippen LogP contribution in [-0.4, -0.2) is 40.6 Å². The van der Waals surface area contributed by atoms with Gasteiger partial charge in [-0.1, -0.05) is 15.9 Å². The third-order valence-corrected chi connectivity index (χ3v) is 4.75. The van der Waals surface area contributed by atoms with E-state index in [-0.39, 0.29) is 5.75 Å². The van der Waals surface area contributed by atoms with Crippen LogP contribution in [0.2, 0.25) is 0 Å². The summed E-state index contributed by atoms with van der Waals surface area (Å²) < 4.78 is 19.2. The van der Waals surface area contributed by atoms with Gasteiger partial charge in [0.25, 0.3) is 5.91 Å². The number of carboxylic acid groups (broad SMARTS) is 1. The molecule has 1 atom stereocenters. The van der Waals surface area contributed by atoms with Crippen molar-refractivity contribution in [1.29, 1.82) is 0 Å². The molecule has 2 rings (SSSR count). The number of halogens is 2. The number of amides is 1. The van der Waals surface area contributed by atoms with Crippen molar-refractivity contribution < 1.29 is 23.8 Å². The Kier molecular flexibility index (Phi) is 5.10. The quantitative estimate of drug-likeness (QED) is 0.820. The van der Waals surface area contributed by atoms with E-state index in [1.54, 1.807) is 6.07 Å². The van der Waals surface area contributed by atoms with E-state index in [2.05, 4.69) is 21.2 Å². The van der Waals surface area contributed by atoms with Crippen LogP contribution in [0.25, 0.3) is 0 Å². The Morgan fingerprint density at radius 1 is 1.52 bits per heavy atom. The molecule has 1 heterocycles. The van der Waals surface area contributed by atoms with E-state index in [9.17, 15) is 19.1 Å². The molecule has 0 unspecified atom stereocenters. The minimum atomic E-state index is -1.25. The van der Waals surface area contributed by atoms with Gasteiger partial charge in [-0.25, -0.2) is 9.18 Å². The number of ether oxygens (including phenoxy) is 1. The molecule has 1 amide bonds. The molecule has 1 aliphatic heterocycles. The van der Waals surface area contributed by atoms with Crippen LogP contribution in [0.15, 0.2) is 22.7 Å². The molecule has 0 radical (unpaired) electrons. The number of rotatable bonds is 5. The summed E-state index contributed by atoms with van der Waals surface area (Å²) in [5.41, 5.74) is -1.25. The molecule has 8 heteroatoms. The summed E-state index contributed by atoms with van der Waals surface area (Å²) >= 11 is 4.58. The molecule has 1 aromatic rings. The van der Waals surface area contributed by atoms with E-state index in [1.165, 1.54) is 23.9 Å². The van der Waals surface area contributed by atoms with Crippen LogP contribution in [0.1, 0.15) is 6.42 Å². The molecule has 0 bridgehead atoms. The molecule has 0 saturated carbocycles. The van der Waals surface area contributed by atoms with E-state index in [0.717, 1.165) is 0 Å². The van der Waals surface area contributed by atoms with E-state index in [1.807, 2.05) is 0 Å². The summed E-state index contributed by atoms with van der Waals surface area (Å²) in [4.78, 5) is 23.1. The summed E-state index contributed by atoms with van der Waals surface area (Å²) in [6.45, 7) is -0.432. The molecule has 1 saturated heterocycles. The van der Waals surface area contributed by atoms with Crippen LogP contribution in [0.5, 0.6) is 5.75 Å². The Morgan fingerprint density at radius 3 is 2.86 bits per heavy atom. The van der Waals surface area contributed by atoms with Gasteiger partial charge in [-0.3, -0.25) is 4.79 Å². The first-order valence-corrected chi connectivity index (χ1v) is 8.08. The maximum atomic E-state index is 13.5. The molecule has 114 valence electrons. The van der Waals surface area contributed by atoms with Crippen molar-refractivity contribution >= 4 is 39.6 Å². The van der Waals surface area contributed by atoms with Gasteiger partial charge in [-0.15, -0.1) is 0 Å². The molecule has 0 aliphatic carbocycles. The normalized spacial score (nSPS) is 21.0. The molecular weight excluding hydrogens is 365 g/mol. The zero-order valence-corrected chi connectivity index (χ0v) is 13.3. The van der Waals surface area contributed by atoms with E-state index in [4.69, 9.17) is 4.74 Å². The Morgan fingerprint density at radius 2 is 2.29 bits per heavy atom. The lowest BCUT2D eigenvalue weighted by molar-refractivity contribution is -0.146. The minimum absolute atomic E-state index is 0.0569. The third-order valence-electron chi connectivity index (χ3n) is 3.06. The fourth-order valence-corrected chi connectivity index (χ4v) is 3.58. The molecule has 21 heavy (non-hydrogen) atoms. The lowest BCUT2D eigenvalue weighted by Gasteiger charge is -2.24. The molecule has 0 aromatic heterocycles. The number of hydrogen-bond acceptors (Lipinski definition) is 4. The summed E-state index contributed by atoms with van der Waals surface area (Å²) in [6, 6.07) is 4.20. The van der Waals surface area contributed by atoms with Crippen molar-refractivity contribution in [3.8, 4) is 5.75 Å². The zero-order chi connectivity index (χ0) is 15.5. The third kappa shape index (κ3) is 3.88. The largest absolute Gasteiger partial charge is 0.481 e. The second-order valence-corrected chi connectivity index (χ2v) is 6.62. The molecule has 2 N–H and O–H groups in total. The van der Waals surface area contributed by atoms with Crippen molar-refractivity contribution in [1.82, 2.24) is 5.32 Å². The highest BCUT2D eigenvalue weighted by atomic mass is 79.9.